The molecule has 0 spiro atoms. The zero-order valence-corrected chi connectivity index (χ0v) is 17.0. The van der Waals surface area contributed by atoms with E-state index < -0.39 is 0 Å². The van der Waals surface area contributed by atoms with Gasteiger partial charge in [0, 0.05) is 29.9 Å². The van der Waals surface area contributed by atoms with Gasteiger partial charge in [-0.05, 0) is 56.6 Å². The first-order valence-electron chi connectivity index (χ1n) is 9.66. The Labute approximate surface area is 161 Å². The third kappa shape index (κ3) is 6.90. The Hall–Kier alpha value is -1.69. The maximum absolute atomic E-state index is 12.1. The fourth-order valence-electron chi connectivity index (χ4n) is 2.70. The van der Waals surface area contributed by atoms with Gasteiger partial charge in [-0.1, -0.05) is 19.1 Å². The lowest BCUT2D eigenvalue weighted by Crippen LogP contribution is -2.40. The van der Waals surface area contributed by atoms with Crippen LogP contribution in [0, 0.1) is 0 Å². The molecule has 0 aliphatic carbocycles. The van der Waals surface area contributed by atoms with Crippen LogP contribution >= 0.6 is 11.8 Å². The number of benzene rings is 1. The van der Waals surface area contributed by atoms with E-state index in [1.165, 1.54) is 18.6 Å². The summed E-state index contributed by atoms with van der Waals surface area (Å²) < 4.78 is 0. The quantitative estimate of drug-likeness (QED) is 0.482. The number of nitrogens with one attached hydrogen (secondary N) is 3. The van der Waals surface area contributed by atoms with Crippen molar-refractivity contribution in [1.29, 1.82) is 0 Å². The molecule has 0 aromatic heterocycles. The molecule has 2 atom stereocenters. The number of amides is 1. The van der Waals surface area contributed by atoms with Crippen LogP contribution in [0.5, 0.6) is 0 Å². The number of carbonyl (C=O) groups excluding carboxylic acids is 1. The van der Waals surface area contributed by atoms with E-state index in [1.54, 1.807) is 0 Å². The van der Waals surface area contributed by atoms with Gasteiger partial charge in [0.1, 0.15) is 0 Å². The second-order valence-corrected chi connectivity index (χ2v) is 8.10. The van der Waals surface area contributed by atoms with Gasteiger partial charge in [0.2, 0.25) is 0 Å². The predicted octanol–water partition coefficient (Wildman–Crippen LogP) is 3.17. The first kappa shape index (κ1) is 20.6. The van der Waals surface area contributed by atoms with Gasteiger partial charge in [0.05, 0.1) is 6.54 Å². The Bertz CT molecular complexity index is 582. The van der Waals surface area contributed by atoms with Crippen molar-refractivity contribution in [3.8, 4) is 0 Å². The molecule has 1 fully saturated rings. The zero-order valence-electron chi connectivity index (χ0n) is 16.2. The number of guanidine groups is 1. The topological polar surface area (TPSA) is 65.5 Å². The molecule has 1 aliphatic rings. The Kier molecular flexibility index (Phi) is 8.81. The second-order valence-electron chi connectivity index (χ2n) is 6.69. The normalized spacial score (nSPS) is 18.4. The van der Waals surface area contributed by atoms with Gasteiger partial charge in [0.25, 0.3) is 5.91 Å². The predicted molar refractivity (Wildman–Crippen MR) is 112 cm³/mol. The monoisotopic (exact) mass is 376 g/mol. The minimum Gasteiger partial charge on any atom is -0.357 e. The average Bonchev–Trinajstić information content (AvgIpc) is 3.17. The molecule has 0 radical (unpaired) electrons. The van der Waals surface area contributed by atoms with E-state index >= 15 is 0 Å². The van der Waals surface area contributed by atoms with Crippen LogP contribution in [0.2, 0.25) is 0 Å². The number of aliphatic imine (C=N–C) groups is 1. The molecule has 1 heterocycles. The Morgan fingerprint density at radius 3 is 2.65 bits per heavy atom. The molecular weight excluding hydrogens is 344 g/mol. The SMILES string of the molecule is CCNC(=NCc1ccc(C(=O)NC(C)CC)cc1)NCC1CCCS1. The molecule has 2 unspecified atom stereocenters. The molecule has 6 heteroatoms. The van der Waals surface area contributed by atoms with Crippen LogP contribution in [-0.4, -0.2) is 42.0 Å². The molecule has 5 nitrogen and oxygen atoms in total. The van der Waals surface area contributed by atoms with Crippen molar-refractivity contribution in [3.63, 3.8) is 0 Å². The van der Waals surface area contributed by atoms with Gasteiger partial charge in [0.15, 0.2) is 5.96 Å². The molecule has 1 aliphatic heterocycles. The average molecular weight is 377 g/mol. The van der Waals surface area contributed by atoms with Crippen LogP contribution in [0.3, 0.4) is 0 Å². The van der Waals surface area contributed by atoms with E-state index in [9.17, 15) is 4.79 Å². The van der Waals surface area contributed by atoms with E-state index in [4.69, 9.17) is 0 Å². The first-order chi connectivity index (χ1) is 12.6. The Balaban J connectivity index is 1.88. The second kappa shape index (κ2) is 11.1. The van der Waals surface area contributed by atoms with E-state index in [-0.39, 0.29) is 11.9 Å². The van der Waals surface area contributed by atoms with Gasteiger partial charge in [-0.2, -0.15) is 11.8 Å². The summed E-state index contributed by atoms with van der Waals surface area (Å²) in [5, 5.41) is 10.4. The van der Waals surface area contributed by atoms with Crippen LogP contribution in [0.4, 0.5) is 0 Å². The zero-order chi connectivity index (χ0) is 18.8. The minimum atomic E-state index is -0.0153. The standard InChI is InChI=1S/C20H32N4OS/c1-4-15(3)24-19(25)17-10-8-16(9-11-17)13-22-20(21-5-2)23-14-18-7-6-12-26-18/h8-11,15,18H,4-7,12-14H2,1-3H3,(H,24,25)(H2,21,22,23). The maximum Gasteiger partial charge on any atom is 0.251 e. The number of hydrogen-bond donors (Lipinski definition) is 3. The highest BCUT2D eigenvalue weighted by Gasteiger charge is 2.15. The summed E-state index contributed by atoms with van der Waals surface area (Å²) in [5.74, 6) is 2.12. The fraction of sp³-hybridized carbons (Fsp3) is 0.600. The van der Waals surface area contributed by atoms with Crippen molar-refractivity contribution in [1.82, 2.24) is 16.0 Å². The van der Waals surface area contributed by atoms with Crippen molar-refractivity contribution in [2.75, 3.05) is 18.8 Å². The lowest BCUT2D eigenvalue weighted by atomic mass is 10.1. The van der Waals surface area contributed by atoms with E-state index in [2.05, 4.69) is 34.8 Å². The highest BCUT2D eigenvalue weighted by Crippen LogP contribution is 2.25. The first-order valence-corrected chi connectivity index (χ1v) is 10.7. The Morgan fingerprint density at radius 2 is 2.04 bits per heavy atom. The summed E-state index contributed by atoms with van der Waals surface area (Å²) in [6.07, 6.45) is 3.54. The van der Waals surface area contributed by atoms with Crippen LogP contribution < -0.4 is 16.0 Å². The molecule has 3 N–H and O–H groups in total. The van der Waals surface area contributed by atoms with Crippen molar-refractivity contribution >= 4 is 23.6 Å². The smallest absolute Gasteiger partial charge is 0.251 e. The number of thioether (sulfide) groups is 1. The van der Waals surface area contributed by atoms with Gasteiger partial charge in [-0.25, -0.2) is 4.99 Å². The molecule has 26 heavy (non-hydrogen) atoms. The molecular formula is C20H32N4OS. The maximum atomic E-state index is 12.1. The third-order valence-electron chi connectivity index (χ3n) is 4.49. The van der Waals surface area contributed by atoms with Gasteiger partial charge in [-0.3, -0.25) is 4.79 Å². The van der Waals surface area contributed by atoms with Crippen LogP contribution in [0.15, 0.2) is 29.3 Å². The van der Waals surface area contributed by atoms with Crippen molar-refractivity contribution in [2.24, 2.45) is 4.99 Å². The van der Waals surface area contributed by atoms with Crippen LogP contribution in [-0.2, 0) is 6.54 Å². The molecule has 1 amide bonds. The number of hydrogen-bond acceptors (Lipinski definition) is 3. The van der Waals surface area contributed by atoms with Gasteiger partial charge < -0.3 is 16.0 Å². The summed E-state index contributed by atoms with van der Waals surface area (Å²) in [6.45, 7) is 8.56. The van der Waals surface area contributed by atoms with E-state index in [0.29, 0.717) is 17.4 Å². The number of nitrogens with zero attached hydrogens (tertiary/aromatic N) is 1. The molecule has 1 saturated heterocycles. The minimum absolute atomic E-state index is 0.0153. The van der Waals surface area contributed by atoms with Gasteiger partial charge in [-0.15, -0.1) is 0 Å². The number of rotatable bonds is 8. The highest BCUT2D eigenvalue weighted by molar-refractivity contribution is 8.00. The molecule has 0 saturated carbocycles. The van der Waals surface area contributed by atoms with E-state index in [0.717, 1.165) is 31.0 Å². The summed E-state index contributed by atoms with van der Waals surface area (Å²) >= 11 is 2.04. The van der Waals surface area contributed by atoms with Crippen molar-refractivity contribution in [3.05, 3.63) is 35.4 Å². The van der Waals surface area contributed by atoms with E-state index in [1.807, 2.05) is 43.0 Å². The largest absolute Gasteiger partial charge is 0.357 e. The molecule has 144 valence electrons. The highest BCUT2D eigenvalue weighted by atomic mass is 32.2. The lowest BCUT2D eigenvalue weighted by Gasteiger charge is -2.14. The lowest BCUT2D eigenvalue weighted by molar-refractivity contribution is 0.0939. The molecule has 1 aromatic carbocycles. The Morgan fingerprint density at radius 1 is 1.27 bits per heavy atom. The van der Waals surface area contributed by atoms with Gasteiger partial charge >= 0.3 is 0 Å². The summed E-state index contributed by atoms with van der Waals surface area (Å²) in [7, 11) is 0. The summed E-state index contributed by atoms with van der Waals surface area (Å²) in [6, 6.07) is 7.89. The van der Waals surface area contributed by atoms with Crippen LogP contribution in [0.1, 0.15) is 56.0 Å². The summed E-state index contributed by atoms with van der Waals surface area (Å²) in [4.78, 5) is 16.8. The number of carbonyl (C=O) groups is 1. The third-order valence-corrected chi connectivity index (χ3v) is 5.89. The molecule has 2 rings (SSSR count). The van der Waals surface area contributed by atoms with Crippen molar-refractivity contribution in [2.45, 2.75) is 57.9 Å². The fourth-order valence-corrected chi connectivity index (χ4v) is 3.90. The van der Waals surface area contributed by atoms with Crippen molar-refractivity contribution < 1.29 is 4.79 Å². The summed E-state index contributed by atoms with van der Waals surface area (Å²) in [5.41, 5.74) is 1.79. The molecule has 1 aromatic rings. The van der Waals surface area contributed by atoms with Crippen LogP contribution in [0.25, 0.3) is 0 Å². The molecule has 0 bridgehead atoms.